The summed E-state index contributed by atoms with van der Waals surface area (Å²) in [5.74, 6) is 0. The summed E-state index contributed by atoms with van der Waals surface area (Å²) in [4.78, 5) is 3.22. The largest absolute Gasteiger partial charge is 0.380 e. The SMILES string of the molecule is CCOCCNCc1cccc2[nH]ccc12. The van der Waals surface area contributed by atoms with Crippen LogP contribution in [-0.2, 0) is 11.3 Å². The normalized spacial score (nSPS) is 11.1. The first-order valence-corrected chi connectivity index (χ1v) is 5.75. The number of hydrogen-bond donors (Lipinski definition) is 2. The Hall–Kier alpha value is -1.32. The van der Waals surface area contributed by atoms with Gasteiger partial charge in [0.15, 0.2) is 0 Å². The molecule has 0 aliphatic carbocycles. The fourth-order valence-corrected chi connectivity index (χ4v) is 1.82. The lowest BCUT2D eigenvalue weighted by molar-refractivity contribution is 0.149. The average Bonchev–Trinajstić information content (AvgIpc) is 2.77. The van der Waals surface area contributed by atoms with E-state index in [2.05, 4.69) is 34.6 Å². The molecule has 0 atom stereocenters. The minimum absolute atomic E-state index is 0.777. The Morgan fingerprint density at radius 1 is 1.31 bits per heavy atom. The van der Waals surface area contributed by atoms with Crippen LogP contribution in [0.3, 0.4) is 0 Å². The molecule has 1 aromatic carbocycles. The highest BCUT2D eigenvalue weighted by Crippen LogP contribution is 2.16. The van der Waals surface area contributed by atoms with Gasteiger partial charge in [-0.3, -0.25) is 0 Å². The standard InChI is InChI=1S/C13H18N2O/c1-2-16-9-8-14-10-11-4-3-5-13-12(11)6-7-15-13/h3-7,14-15H,2,8-10H2,1H3. The molecule has 0 unspecified atom stereocenters. The number of nitrogens with one attached hydrogen (secondary N) is 2. The van der Waals surface area contributed by atoms with Crippen molar-refractivity contribution in [1.82, 2.24) is 10.3 Å². The molecular weight excluding hydrogens is 200 g/mol. The second-order valence-corrected chi connectivity index (χ2v) is 3.73. The predicted octanol–water partition coefficient (Wildman–Crippen LogP) is 2.29. The van der Waals surface area contributed by atoms with Gasteiger partial charge < -0.3 is 15.0 Å². The van der Waals surface area contributed by atoms with Crippen molar-refractivity contribution < 1.29 is 4.74 Å². The quantitative estimate of drug-likeness (QED) is 0.730. The van der Waals surface area contributed by atoms with Crippen molar-refractivity contribution >= 4 is 10.9 Å². The molecule has 0 radical (unpaired) electrons. The Kier molecular flexibility index (Phi) is 3.97. The van der Waals surface area contributed by atoms with Crippen molar-refractivity contribution in [2.75, 3.05) is 19.8 Å². The molecule has 3 heteroatoms. The highest BCUT2D eigenvalue weighted by molar-refractivity contribution is 5.82. The Labute approximate surface area is 95.8 Å². The molecule has 0 saturated heterocycles. The van der Waals surface area contributed by atoms with E-state index in [0.29, 0.717) is 0 Å². The summed E-state index contributed by atoms with van der Waals surface area (Å²) in [6.07, 6.45) is 1.98. The summed E-state index contributed by atoms with van der Waals surface area (Å²) in [5, 5.41) is 4.68. The maximum atomic E-state index is 5.28. The summed E-state index contributed by atoms with van der Waals surface area (Å²) in [6, 6.07) is 8.45. The van der Waals surface area contributed by atoms with E-state index in [-0.39, 0.29) is 0 Å². The van der Waals surface area contributed by atoms with Gasteiger partial charge in [-0.05, 0) is 24.6 Å². The van der Waals surface area contributed by atoms with Crippen molar-refractivity contribution in [3.05, 3.63) is 36.0 Å². The van der Waals surface area contributed by atoms with Gasteiger partial charge in [0.05, 0.1) is 6.61 Å². The van der Waals surface area contributed by atoms with Gasteiger partial charge in [0.1, 0.15) is 0 Å². The topological polar surface area (TPSA) is 37.0 Å². The molecule has 1 heterocycles. The van der Waals surface area contributed by atoms with Crippen LogP contribution in [0, 0.1) is 0 Å². The number of rotatable bonds is 6. The average molecular weight is 218 g/mol. The smallest absolute Gasteiger partial charge is 0.0590 e. The van der Waals surface area contributed by atoms with Gasteiger partial charge >= 0.3 is 0 Å². The van der Waals surface area contributed by atoms with Crippen LogP contribution >= 0.6 is 0 Å². The second kappa shape index (κ2) is 5.68. The van der Waals surface area contributed by atoms with Crippen LogP contribution in [0.1, 0.15) is 12.5 Å². The van der Waals surface area contributed by atoms with Crippen molar-refractivity contribution in [3.8, 4) is 0 Å². The van der Waals surface area contributed by atoms with E-state index in [1.807, 2.05) is 13.1 Å². The van der Waals surface area contributed by atoms with Crippen molar-refractivity contribution in [1.29, 1.82) is 0 Å². The molecule has 0 amide bonds. The summed E-state index contributed by atoms with van der Waals surface area (Å²) >= 11 is 0. The minimum atomic E-state index is 0.777. The van der Waals surface area contributed by atoms with Crippen molar-refractivity contribution in [2.24, 2.45) is 0 Å². The summed E-state index contributed by atoms with van der Waals surface area (Å²) in [5.41, 5.74) is 2.53. The highest BCUT2D eigenvalue weighted by Gasteiger charge is 2.00. The lowest BCUT2D eigenvalue weighted by Gasteiger charge is -2.06. The van der Waals surface area contributed by atoms with Gasteiger partial charge in [0.2, 0.25) is 0 Å². The lowest BCUT2D eigenvalue weighted by atomic mass is 10.1. The van der Waals surface area contributed by atoms with Crippen LogP contribution < -0.4 is 5.32 Å². The van der Waals surface area contributed by atoms with E-state index in [1.165, 1.54) is 16.5 Å². The van der Waals surface area contributed by atoms with Crippen LogP contribution in [-0.4, -0.2) is 24.7 Å². The van der Waals surface area contributed by atoms with Gasteiger partial charge in [-0.15, -0.1) is 0 Å². The Balaban J connectivity index is 1.91. The molecule has 16 heavy (non-hydrogen) atoms. The number of ether oxygens (including phenoxy) is 1. The summed E-state index contributed by atoms with van der Waals surface area (Å²) in [6.45, 7) is 5.37. The first kappa shape index (κ1) is 11.2. The van der Waals surface area contributed by atoms with E-state index in [1.54, 1.807) is 0 Å². The summed E-state index contributed by atoms with van der Waals surface area (Å²) in [7, 11) is 0. The van der Waals surface area contributed by atoms with Crippen LogP contribution in [0.15, 0.2) is 30.5 Å². The second-order valence-electron chi connectivity index (χ2n) is 3.73. The summed E-state index contributed by atoms with van der Waals surface area (Å²) < 4.78 is 5.28. The molecule has 3 nitrogen and oxygen atoms in total. The molecule has 86 valence electrons. The third-order valence-electron chi connectivity index (χ3n) is 2.63. The van der Waals surface area contributed by atoms with Gasteiger partial charge in [-0.25, -0.2) is 0 Å². The molecule has 0 fully saturated rings. The fourth-order valence-electron chi connectivity index (χ4n) is 1.82. The van der Waals surface area contributed by atoms with Gasteiger partial charge in [0, 0.05) is 36.8 Å². The molecule has 2 aromatic rings. The molecule has 0 aliphatic heterocycles. The molecular formula is C13H18N2O. The Morgan fingerprint density at radius 3 is 3.12 bits per heavy atom. The van der Waals surface area contributed by atoms with E-state index >= 15 is 0 Å². The zero-order valence-electron chi connectivity index (χ0n) is 9.62. The van der Waals surface area contributed by atoms with Crippen molar-refractivity contribution in [2.45, 2.75) is 13.5 Å². The highest BCUT2D eigenvalue weighted by atomic mass is 16.5. The van der Waals surface area contributed by atoms with Crippen LogP contribution in [0.25, 0.3) is 10.9 Å². The first-order valence-electron chi connectivity index (χ1n) is 5.75. The Bertz CT molecular complexity index is 436. The molecule has 1 aromatic heterocycles. The van der Waals surface area contributed by atoms with E-state index in [9.17, 15) is 0 Å². The van der Waals surface area contributed by atoms with Crippen LogP contribution in [0.4, 0.5) is 0 Å². The van der Waals surface area contributed by atoms with E-state index in [0.717, 1.165) is 26.3 Å². The number of benzene rings is 1. The van der Waals surface area contributed by atoms with Gasteiger partial charge in [-0.1, -0.05) is 12.1 Å². The zero-order valence-corrected chi connectivity index (χ0v) is 9.62. The minimum Gasteiger partial charge on any atom is -0.380 e. The third-order valence-corrected chi connectivity index (χ3v) is 2.63. The Morgan fingerprint density at radius 2 is 2.25 bits per heavy atom. The molecule has 0 saturated carbocycles. The monoisotopic (exact) mass is 218 g/mol. The maximum absolute atomic E-state index is 5.28. The molecule has 0 bridgehead atoms. The number of hydrogen-bond acceptors (Lipinski definition) is 2. The van der Waals surface area contributed by atoms with E-state index in [4.69, 9.17) is 4.74 Å². The lowest BCUT2D eigenvalue weighted by Crippen LogP contribution is -2.19. The fraction of sp³-hybridized carbons (Fsp3) is 0.385. The molecule has 0 aliphatic rings. The number of aromatic nitrogens is 1. The zero-order chi connectivity index (χ0) is 11.2. The number of fused-ring (bicyclic) bond motifs is 1. The van der Waals surface area contributed by atoms with Crippen LogP contribution in [0.2, 0.25) is 0 Å². The van der Waals surface area contributed by atoms with Crippen molar-refractivity contribution in [3.63, 3.8) is 0 Å². The van der Waals surface area contributed by atoms with Gasteiger partial charge in [-0.2, -0.15) is 0 Å². The van der Waals surface area contributed by atoms with Crippen LogP contribution in [0.5, 0.6) is 0 Å². The number of H-pyrrole nitrogens is 1. The predicted molar refractivity (Wildman–Crippen MR) is 66.5 cm³/mol. The molecule has 0 spiro atoms. The molecule has 2 rings (SSSR count). The molecule has 2 N–H and O–H groups in total. The van der Waals surface area contributed by atoms with Gasteiger partial charge in [0.25, 0.3) is 0 Å². The number of aromatic amines is 1. The maximum Gasteiger partial charge on any atom is 0.0590 e. The first-order chi connectivity index (χ1) is 7.92. The van der Waals surface area contributed by atoms with E-state index < -0.39 is 0 Å². The third kappa shape index (κ3) is 2.62.